The molecule has 0 saturated carbocycles. The topological polar surface area (TPSA) is 79.5 Å². The predicted molar refractivity (Wildman–Crippen MR) is 63.3 cm³/mol. The van der Waals surface area contributed by atoms with E-state index in [1.165, 1.54) is 12.8 Å². The largest absolute Gasteiger partial charge is 0.342 e. The molecule has 3 fully saturated rings. The zero-order chi connectivity index (χ0) is 12.5. The van der Waals surface area contributed by atoms with Crippen molar-refractivity contribution in [2.75, 3.05) is 6.61 Å². The number of carbonyl (C=O) groups is 2. The van der Waals surface area contributed by atoms with E-state index in [1.54, 1.807) is 0 Å². The normalized spacial score (nSPS) is 38.6. The molecule has 3 rings (SSSR count). The van der Waals surface area contributed by atoms with Gasteiger partial charge in [-0.3, -0.25) is 14.4 Å². The lowest BCUT2D eigenvalue weighted by Crippen LogP contribution is -2.44. The van der Waals surface area contributed by atoms with E-state index in [0.717, 1.165) is 12.8 Å². The van der Waals surface area contributed by atoms with Gasteiger partial charge < -0.3 is 10.6 Å². The van der Waals surface area contributed by atoms with E-state index < -0.39 is 6.04 Å². The summed E-state index contributed by atoms with van der Waals surface area (Å²) >= 11 is 0. The molecule has 0 aromatic carbocycles. The highest BCUT2D eigenvalue weighted by molar-refractivity contribution is 5.88. The zero-order valence-electron chi connectivity index (χ0n) is 10.3. The minimum Gasteiger partial charge on any atom is -0.342 e. The van der Waals surface area contributed by atoms with Crippen molar-refractivity contribution in [3.63, 3.8) is 0 Å². The lowest BCUT2D eigenvalue weighted by molar-refractivity contribution is -0.129. The Hall–Kier alpha value is -1.14. The molecule has 3 aliphatic rings. The Labute approximate surface area is 106 Å². The maximum Gasteiger partial charge on any atom is 0.268 e. The van der Waals surface area contributed by atoms with E-state index in [4.69, 9.17) is 4.84 Å². The number of piperidine rings is 1. The van der Waals surface area contributed by atoms with E-state index in [9.17, 15) is 9.59 Å². The number of nitrogens with one attached hydrogen (secondary N) is 3. The molecule has 0 radical (unpaired) electrons. The first kappa shape index (κ1) is 11.9. The van der Waals surface area contributed by atoms with Crippen LogP contribution in [0, 0.1) is 5.92 Å². The molecule has 100 valence electrons. The average molecular weight is 253 g/mol. The monoisotopic (exact) mass is 253 g/mol. The Bertz CT molecular complexity index is 348. The van der Waals surface area contributed by atoms with E-state index in [2.05, 4.69) is 16.1 Å². The lowest BCUT2D eigenvalue weighted by atomic mass is 9.89. The fourth-order valence-electron chi connectivity index (χ4n) is 3.31. The second-order valence-corrected chi connectivity index (χ2v) is 5.58. The SMILES string of the molecule is O=C(CC1CC2CCC(C1)N2)N[C@@H]1CONC1=O. The molecule has 2 bridgehead atoms. The summed E-state index contributed by atoms with van der Waals surface area (Å²) in [5.41, 5.74) is 2.24. The molecule has 3 atom stereocenters. The summed E-state index contributed by atoms with van der Waals surface area (Å²) in [5, 5.41) is 6.29. The van der Waals surface area contributed by atoms with E-state index >= 15 is 0 Å². The summed E-state index contributed by atoms with van der Waals surface area (Å²) < 4.78 is 0. The first-order valence-electron chi connectivity index (χ1n) is 6.68. The highest BCUT2D eigenvalue weighted by atomic mass is 16.7. The van der Waals surface area contributed by atoms with Crippen molar-refractivity contribution < 1.29 is 14.4 Å². The van der Waals surface area contributed by atoms with Crippen molar-refractivity contribution in [3.05, 3.63) is 0 Å². The van der Waals surface area contributed by atoms with Gasteiger partial charge in [0, 0.05) is 18.5 Å². The third-order valence-electron chi connectivity index (χ3n) is 4.12. The van der Waals surface area contributed by atoms with Crippen LogP contribution in [0.1, 0.15) is 32.1 Å². The number of hydrogen-bond donors (Lipinski definition) is 3. The van der Waals surface area contributed by atoms with Gasteiger partial charge in [0.2, 0.25) is 5.91 Å². The van der Waals surface area contributed by atoms with Crippen LogP contribution >= 0.6 is 0 Å². The number of carbonyl (C=O) groups excluding carboxylic acids is 2. The quantitative estimate of drug-likeness (QED) is 0.631. The molecule has 3 N–H and O–H groups in total. The molecule has 3 heterocycles. The van der Waals surface area contributed by atoms with Gasteiger partial charge in [0.1, 0.15) is 12.6 Å². The summed E-state index contributed by atoms with van der Waals surface area (Å²) in [4.78, 5) is 27.9. The van der Waals surface area contributed by atoms with E-state index in [-0.39, 0.29) is 18.4 Å². The Balaban J connectivity index is 1.47. The fraction of sp³-hybridized carbons (Fsp3) is 0.833. The highest BCUT2D eigenvalue weighted by Gasteiger charge is 2.35. The van der Waals surface area contributed by atoms with Crippen LogP contribution in [-0.4, -0.2) is 36.5 Å². The van der Waals surface area contributed by atoms with Crippen LogP contribution in [0.4, 0.5) is 0 Å². The third-order valence-corrected chi connectivity index (χ3v) is 4.12. The average Bonchev–Trinajstić information content (AvgIpc) is 2.86. The molecule has 3 aliphatic heterocycles. The molecule has 6 nitrogen and oxygen atoms in total. The smallest absolute Gasteiger partial charge is 0.268 e. The Morgan fingerprint density at radius 1 is 1.33 bits per heavy atom. The van der Waals surface area contributed by atoms with Crippen LogP contribution < -0.4 is 16.1 Å². The first-order valence-corrected chi connectivity index (χ1v) is 6.68. The van der Waals surface area contributed by atoms with Gasteiger partial charge in [-0.05, 0) is 31.6 Å². The van der Waals surface area contributed by atoms with Gasteiger partial charge >= 0.3 is 0 Å². The van der Waals surface area contributed by atoms with Crippen molar-refractivity contribution in [2.45, 2.75) is 50.2 Å². The van der Waals surface area contributed by atoms with Crippen LogP contribution in [0.25, 0.3) is 0 Å². The summed E-state index contributed by atoms with van der Waals surface area (Å²) in [6.45, 7) is 0.224. The summed E-state index contributed by atoms with van der Waals surface area (Å²) in [5.74, 6) is 0.162. The van der Waals surface area contributed by atoms with Crippen molar-refractivity contribution >= 4 is 11.8 Å². The van der Waals surface area contributed by atoms with Crippen molar-refractivity contribution in [2.24, 2.45) is 5.92 Å². The van der Waals surface area contributed by atoms with Gasteiger partial charge in [0.05, 0.1) is 0 Å². The van der Waals surface area contributed by atoms with Crippen LogP contribution in [0.3, 0.4) is 0 Å². The van der Waals surface area contributed by atoms with E-state index in [0.29, 0.717) is 24.4 Å². The maximum atomic E-state index is 11.9. The number of fused-ring (bicyclic) bond motifs is 2. The van der Waals surface area contributed by atoms with Crippen molar-refractivity contribution in [1.29, 1.82) is 0 Å². The predicted octanol–water partition coefficient (Wildman–Crippen LogP) is -0.547. The van der Waals surface area contributed by atoms with Crippen molar-refractivity contribution in [3.8, 4) is 0 Å². The molecule has 6 heteroatoms. The lowest BCUT2D eigenvalue weighted by Gasteiger charge is -2.28. The molecule has 2 unspecified atom stereocenters. The first-order chi connectivity index (χ1) is 8.70. The Kier molecular flexibility index (Phi) is 3.22. The number of rotatable bonds is 3. The van der Waals surface area contributed by atoms with Gasteiger partial charge in [-0.1, -0.05) is 0 Å². The van der Waals surface area contributed by atoms with Crippen LogP contribution in [0.15, 0.2) is 0 Å². The third kappa shape index (κ3) is 2.49. The number of hydroxylamine groups is 1. The molecule has 0 aromatic rings. The zero-order valence-corrected chi connectivity index (χ0v) is 10.3. The Morgan fingerprint density at radius 3 is 2.67 bits per heavy atom. The minimum absolute atomic E-state index is 0.0352. The standard InChI is InChI=1S/C12H19N3O3/c16-11(14-10-6-18-15-12(10)17)5-7-3-8-1-2-9(4-7)13-8/h7-10,13H,1-6H2,(H,14,16)(H,15,17)/t7?,8?,9?,10-/m1/s1. The molecule has 2 amide bonds. The van der Waals surface area contributed by atoms with Crippen LogP contribution in [0.2, 0.25) is 0 Å². The van der Waals surface area contributed by atoms with Gasteiger partial charge in [-0.15, -0.1) is 0 Å². The molecular weight excluding hydrogens is 234 g/mol. The minimum atomic E-state index is -0.518. The molecule has 3 saturated heterocycles. The summed E-state index contributed by atoms with van der Waals surface area (Å²) in [6, 6.07) is 0.676. The van der Waals surface area contributed by atoms with Crippen LogP contribution in [-0.2, 0) is 14.4 Å². The van der Waals surface area contributed by atoms with Gasteiger partial charge in [-0.2, -0.15) is 0 Å². The maximum absolute atomic E-state index is 11.9. The second-order valence-electron chi connectivity index (χ2n) is 5.58. The number of hydrogen-bond acceptors (Lipinski definition) is 4. The highest BCUT2D eigenvalue weighted by Crippen LogP contribution is 2.32. The van der Waals surface area contributed by atoms with Crippen LogP contribution in [0.5, 0.6) is 0 Å². The van der Waals surface area contributed by atoms with Gasteiger partial charge in [-0.25, -0.2) is 5.48 Å². The molecule has 0 aliphatic carbocycles. The van der Waals surface area contributed by atoms with Crippen molar-refractivity contribution in [1.82, 2.24) is 16.1 Å². The van der Waals surface area contributed by atoms with Gasteiger partial charge in [0.25, 0.3) is 5.91 Å². The summed E-state index contributed by atoms with van der Waals surface area (Å²) in [7, 11) is 0. The van der Waals surface area contributed by atoms with E-state index in [1.807, 2.05) is 0 Å². The number of amides is 2. The fourth-order valence-corrected chi connectivity index (χ4v) is 3.31. The molecule has 0 spiro atoms. The molecule has 0 aromatic heterocycles. The molecule has 18 heavy (non-hydrogen) atoms. The Morgan fingerprint density at radius 2 is 2.06 bits per heavy atom. The van der Waals surface area contributed by atoms with Gasteiger partial charge in [0.15, 0.2) is 0 Å². The second kappa shape index (κ2) is 4.85. The summed E-state index contributed by atoms with van der Waals surface area (Å²) in [6.07, 6.45) is 5.16. The molecular formula is C12H19N3O3.